The summed E-state index contributed by atoms with van der Waals surface area (Å²) >= 11 is 0. The molecule has 3 heteroatoms. The zero-order chi connectivity index (χ0) is 11.8. The summed E-state index contributed by atoms with van der Waals surface area (Å²) in [5, 5.41) is 3.47. The van der Waals surface area contributed by atoms with E-state index < -0.39 is 0 Å². The summed E-state index contributed by atoms with van der Waals surface area (Å²) in [6.45, 7) is 9.65. The third kappa shape index (κ3) is 5.83. The lowest BCUT2D eigenvalue weighted by Crippen LogP contribution is -2.38. The SMILES string of the molecule is CCNCC1CCN(CCCN(C)C)CC1. The molecule has 0 amide bonds. The van der Waals surface area contributed by atoms with E-state index in [-0.39, 0.29) is 0 Å². The summed E-state index contributed by atoms with van der Waals surface area (Å²) in [5.41, 5.74) is 0. The van der Waals surface area contributed by atoms with Crippen molar-refractivity contribution in [3.05, 3.63) is 0 Å². The van der Waals surface area contributed by atoms with Gasteiger partial charge in [0, 0.05) is 0 Å². The lowest BCUT2D eigenvalue weighted by molar-refractivity contribution is 0.176. The molecule has 0 aromatic rings. The van der Waals surface area contributed by atoms with Crippen LogP contribution in [0, 0.1) is 5.92 Å². The first-order chi connectivity index (χ1) is 7.72. The molecule has 0 unspecified atom stereocenters. The lowest BCUT2D eigenvalue weighted by atomic mass is 9.96. The van der Waals surface area contributed by atoms with Gasteiger partial charge in [0.25, 0.3) is 0 Å². The van der Waals surface area contributed by atoms with E-state index in [1.807, 2.05) is 0 Å². The van der Waals surface area contributed by atoms with E-state index in [0.29, 0.717) is 0 Å². The van der Waals surface area contributed by atoms with Crippen LogP contribution in [0.3, 0.4) is 0 Å². The third-order valence-electron chi connectivity index (χ3n) is 3.47. The van der Waals surface area contributed by atoms with Gasteiger partial charge in [0.2, 0.25) is 0 Å². The molecular weight excluding hydrogens is 198 g/mol. The summed E-state index contributed by atoms with van der Waals surface area (Å²) in [6, 6.07) is 0. The number of piperidine rings is 1. The Hall–Kier alpha value is -0.120. The van der Waals surface area contributed by atoms with Gasteiger partial charge in [0.05, 0.1) is 0 Å². The molecule has 0 saturated carbocycles. The first-order valence-electron chi connectivity index (χ1n) is 6.80. The van der Waals surface area contributed by atoms with Crippen molar-refractivity contribution in [3.8, 4) is 0 Å². The van der Waals surface area contributed by atoms with Crippen LogP contribution < -0.4 is 5.32 Å². The fraction of sp³-hybridized carbons (Fsp3) is 1.00. The first-order valence-corrected chi connectivity index (χ1v) is 6.80. The van der Waals surface area contributed by atoms with Crippen LogP contribution in [0.5, 0.6) is 0 Å². The van der Waals surface area contributed by atoms with E-state index in [0.717, 1.165) is 12.5 Å². The van der Waals surface area contributed by atoms with E-state index in [1.54, 1.807) is 0 Å². The highest BCUT2D eigenvalue weighted by atomic mass is 15.1. The third-order valence-corrected chi connectivity index (χ3v) is 3.47. The molecule has 1 heterocycles. The average molecular weight is 227 g/mol. The van der Waals surface area contributed by atoms with Crippen molar-refractivity contribution in [1.82, 2.24) is 15.1 Å². The van der Waals surface area contributed by atoms with E-state index >= 15 is 0 Å². The summed E-state index contributed by atoms with van der Waals surface area (Å²) in [4.78, 5) is 4.91. The number of nitrogens with zero attached hydrogens (tertiary/aromatic N) is 2. The van der Waals surface area contributed by atoms with E-state index in [4.69, 9.17) is 0 Å². The van der Waals surface area contributed by atoms with Gasteiger partial charge in [-0.2, -0.15) is 0 Å². The van der Waals surface area contributed by atoms with Crippen LogP contribution in [0.2, 0.25) is 0 Å². The first kappa shape index (κ1) is 13.9. The van der Waals surface area contributed by atoms with Crippen LogP contribution in [0.15, 0.2) is 0 Å². The Morgan fingerprint density at radius 3 is 2.50 bits per heavy atom. The van der Waals surface area contributed by atoms with Crippen molar-refractivity contribution < 1.29 is 0 Å². The van der Waals surface area contributed by atoms with Gasteiger partial charge in [-0.05, 0) is 78.5 Å². The molecule has 0 atom stereocenters. The van der Waals surface area contributed by atoms with Crippen molar-refractivity contribution >= 4 is 0 Å². The number of likely N-dealkylation sites (tertiary alicyclic amines) is 1. The topological polar surface area (TPSA) is 18.5 Å². The van der Waals surface area contributed by atoms with Gasteiger partial charge >= 0.3 is 0 Å². The molecule has 16 heavy (non-hydrogen) atoms. The predicted octanol–water partition coefficient (Wildman–Crippen LogP) is 1.26. The Balaban J connectivity index is 2.03. The largest absolute Gasteiger partial charge is 0.317 e. The number of rotatable bonds is 7. The molecule has 1 fully saturated rings. The maximum absolute atomic E-state index is 3.47. The molecule has 1 aliphatic heterocycles. The fourth-order valence-corrected chi connectivity index (χ4v) is 2.37. The summed E-state index contributed by atoms with van der Waals surface area (Å²) in [7, 11) is 4.31. The predicted molar refractivity (Wildman–Crippen MR) is 70.9 cm³/mol. The van der Waals surface area contributed by atoms with E-state index in [1.165, 1.54) is 52.0 Å². The highest BCUT2D eigenvalue weighted by Crippen LogP contribution is 2.16. The Morgan fingerprint density at radius 1 is 1.25 bits per heavy atom. The highest BCUT2D eigenvalue weighted by Gasteiger charge is 2.17. The molecular formula is C13H29N3. The van der Waals surface area contributed by atoms with Crippen molar-refractivity contribution in [1.29, 1.82) is 0 Å². The number of hydrogen-bond acceptors (Lipinski definition) is 3. The van der Waals surface area contributed by atoms with Crippen molar-refractivity contribution in [2.24, 2.45) is 5.92 Å². The summed E-state index contributed by atoms with van der Waals surface area (Å²) < 4.78 is 0. The fourth-order valence-electron chi connectivity index (χ4n) is 2.37. The van der Waals surface area contributed by atoms with Crippen molar-refractivity contribution in [3.63, 3.8) is 0 Å². The van der Waals surface area contributed by atoms with Crippen LogP contribution in [0.1, 0.15) is 26.2 Å². The molecule has 0 spiro atoms. The quantitative estimate of drug-likeness (QED) is 0.706. The molecule has 1 aliphatic rings. The minimum Gasteiger partial charge on any atom is -0.317 e. The summed E-state index contributed by atoms with van der Waals surface area (Å²) in [6.07, 6.45) is 4.08. The van der Waals surface area contributed by atoms with E-state index in [2.05, 4.69) is 36.1 Å². The maximum Gasteiger partial charge on any atom is -0.000655 e. The standard InChI is InChI=1S/C13H29N3/c1-4-14-12-13-6-10-16(11-7-13)9-5-8-15(2)3/h13-14H,4-12H2,1-3H3. The minimum absolute atomic E-state index is 0.921. The Bertz CT molecular complexity index is 163. The zero-order valence-electron chi connectivity index (χ0n) is 11.3. The molecule has 96 valence electrons. The smallest absolute Gasteiger partial charge is 0.000655 e. The second kappa shape index (κ2) is 8.04. The average Bonchev–Trinajstić information content (AvgIpc) is 2.27. The second-order valence-corrected chi connectivity index (χ2v) is 5.25. The van der Waals surface area contributed by atoms with Gasteiger partial charge in [-0.1, -0.05) is 6.92 Å². The number of hydrogen-bond donors (Lipinski definition) is 1. The molecule has 1 saturated heterocycles. The van der Waals surface area contributed by atoms with Crippen LogP contribution in [-0.2, 0) is 0 Å². The Labute approximate surface area is 101 Å². The second-order valence-electron chi connectivity index (χ2n) is 5.25. The van der Waals surface area contributed by atoms with E-state index in [9.17, 15) is 0 Å². The Morgan fingerprint density at radius 2 is 1.94 bits per heavy atom. The Kier molecular flexibility index (Phi) is 7.01. The monoisotopic (exact) mass is 227 g/mol. The maximum atomic E-state index is 3.47. The van der Waals surface area contributed by atoms with Crippen molar-refractivity contribution in [2.75, 3.05) is 53.4 Å². The van der Waals surface area contributed by atoms with Crippen LogP contribution in [0.4, 0.5) is 0 Å². The molecule has 0 aromatic carbocycles. The zero-order valence-corrected chi connectivity index (χ0v) is 11.3. The lowest BCUT2D eigenvalue weighted by Gasteiger charge is -2.32. The molecule has 0 bridgehead atoms. The normalized spacial score (nSPS) is 19.5. The molecule has 3 nitrogen and oxygen atoms in total. The number of nitrogens with one attached hydrogen (secondary N) is 1. The van der Waals surface area contributed by atoms with Gasteiger partial charge in [-0.25, -0.2) is 0 Å². The molecule has 0 radical (unpaired) electrons. The van der Waals surface area contributed by atoms with Gasteiger partial charge in [-0.15, -0.1) is 0 Å². The molecule has 1 rings (SSSR count). The van der Waals surface area contributed by atoms with Gasteiger partial charge < -0.3 is 15.1 Å². The van der Waals surface area contributed by atoms with Crippen LogP contribution in [0.25, 0.3) is 0 Å². The summed E-state index contributed by atoms with van der Waals surface area (Å²) in [5.74, 6) is 0.921. The molecule has 0 aromatic heterocycles. The van der Waals surface area contributed by atoms with Gasteiger partial charge in [0.1, 0.15) is 0 Å². The van der Waals surface area contributed by atoms with Crippen LogP contribution >= 0.6 is 0 Å². The van der Waals surface area contributed by atoms with Gasteiger partial charge in [0.15, 0.2) is 0 Å². The highest BCUT2D eigenvalue weighted by molar-refractivity contribution is 4.73. The molecule has 1 N–H and O–H groups in total. The minimum atomic E-state index is 0.921. The van der Waals surface area contributed by atoms with Gasteiger partial charge in [-0.3, -0.25) is 0 Å². The molecule has 0 aliphatic carbocycles. The van der Waals surface area contributed by atoms with Crippen molar-refractivity contribution in [2.45, 2.75) is 26.2 Å². The van der Waals surface area contributed by atoms with Crippen LogP contribution in [-0.4, -0.2) is 63.2 Å².